The maximum Gasteiger partial charge on any atom is 0.161 e. The monoisotopic (exact) mass is 310 g/mol. The number of ether oxygens (including phenoxy) is 1. The third-order valence-electron chi connectivity index (χ3n) is 3.63. The summed E-state index contributed by atoms with van der Waals surface area (Å²) in [5.41, 5.74) is 1.75. The van der Waals surface area contributed by atoms with E-state index in [2.05, 4.69) is 9.97 Å². The van der Waals surface area contributed by atoms with E-state index in [1.165, 1.54) is 6.20 Å². The summed E-state index contributed by atoms with van der Waals surface area (Å²) in [6, 6.07) is 19.9. The largest absolute Gasteiger partial charge is 0.362 e. The molecule has 0 bridgehead atoms. The fourth-order valence-electron chi connectivity index (χ4n) is 2.66. The lowest BCUT2D eigenvalue weighted by molar-refractivity contribution is 0.0545. The van der Waals surface area contributed by atoms with Crippen molar-refractivity contribution in [1.29, 1.82) is 0 Å². The summed E-state index contributed by atoms with van der Waals surface area (Å²) >= 11 is 6.05. The van der Waals surface area contributed by atoms with E-state index in [-0.39, 0.29) is 0 Å². The van der Waals surface area contributed by atoms with Crippen molar-refractivity contribution in [1.82, 2.24) is 9.97 Å². The van der Waals surface area contributed by atoms with Crippen LogP contribution in [0.25, 0.3) is 0 Å². The van der Waals surface area contributed by atoms with Gasteiger partial charge in [0.1, 0.15) is 10.8 Å². The van der Waals surface area contributed by atoms with E-state index in [1.54, 1.807) is 13.3 Å². The Bertz CT molecular complexity index is 708. The first-order chi connectivity index (χ1) is 10.8. The van der Waals surface area contributed by atoms with Crippen LogP contribution in [0.5, 0.6) is 0 Å². The molecule has 0 aliphatic carbocycles. The number of nitrogens with zero attached hydrogens (tertiary/aromatic N) is 2. The molecule has 0 fully saturated rings. The fraction of sp³-hybridized carbons (Fsp3) is 0.111. The van der Waals surface area contributed by atoms with Crippen molar-refractivity contribution < 1.29 is 4.74 Å². The van der Waals surface area contributed by atoms with Crippen molar-refractivity contribution >= 4 is 11.6 Å². The zero-order valence-corrected chi connectivity index (χ0v) is 12.9. The second kappa shape index (κ2) is 6.26. The standard InChI is InChI=1S/C18H15ClN2O/c1-22-18(14-8-4-2-5-9-14,15-10-6-3-7-11-15)16-12-20-13-17(19)21-16/h2-13H,1H3. The summed E-state index contributed by atoms with van der Waals surface area (Å²) in [7, 11) is 1.67. The first-order valence-electron chi connectivity index (χ1n) is 6.91. The van der Waals surface area contributed by atoms with Gasteiger partial charge in [-0.05, 0) is 11.1 Å². The Morgan fingerprint density at radius 2 is 1.41 bits per heavy atom. The van der Waals surface area contributed by atoms with E-state index in [0.29, 0.717) is 10.8 Å². The minimum Gasteiger partial charge on any atom is -0.362 e. The molecule has 0 saturated heterocycles. The molecular formula is C18H15ClN2O. The van der Waals surface area contributed by atoms with Crippen molar-refractivity contribution in [2.75, 3.05) is 7.11 Å². The Labute approximate surface area is 134 Å². The highest BCUT2D eigenvalue weighted by Gasteiger charge is 2.38. The van der Waals surface area contributed by atoms with Crippen LogP contribution in [0.15, 0.2) is 73.1 Å². The number of benzene rings is 2. The highest BCUT2D eigenvalue weighted by atomic mass is 35.5. The molecule has 0 aliphatic rings. The second-order valence-corrected chi connectivity index (χ2v) is 5.23. The van der Waals surface area contributed by atoms with E-state index in [4.69, 9.17) is 16.3 Å². The van der Waals surface area contributed by atoms with Crippen LogP contribution < -0.4 is 0 Å². The van der Waals surface area contributed by atoms with Crippen molar-refractivity contribution in [3.8, 4) is 0 Å². The zero-order valence-electron chi connectivity index (χ0n) is 12.1. The Morgan fingerprint density at radius 1 is 0.864 bits per heavy atom. The van der Waals surface area contributed by atoms with Gasteiger partial charge in [0.05, 0.1) is 12.4 Å². The molecule has 1 heterocycles. The smallest absolute Gasteiger partial charge is 0.161 e. The SMILES string of the molecule is COC(c1ccccc1)(c1ccccc1)c1cncc(Cl)n1. The lowest BCUT2D eigenvalue weighted by atomic mass is 9.83. The van der Waals surface area contributed by atoms with Gasteiger partial charge in [-0.3, -0.25) is 4.98 Å². The van der Waals surface area contributed by atoms with Gasteiger partial charge in [0.25, 0.3) is 0 Å². The van der Waals surface area contributed by atoms with Gasteiger partial charge in [-0.2, -0.15) is 0 Å². The molecule has 0 aliphatic heterocycles. The maximum atomic E-state index is 6.05. The van der Waals surface area contributed by atoms with E-state index in [9.17, 15) is 0 Å². The number of halogens is 1. The average Bonchev–Trinajstić information content (AvgIpc) is 2.58. The minimum absolute atomic E-state index is 0.339. The Kier molecular flexibility index (Phi) is 4.18. The summed E-state index contributed by atoms with van der Waals surface area (Å²) in [5, 5.41) is 0.339. The molecule has 110 valence electrons. The summed E-state index contributed by atoms with van der Waals surface area (Å²) in [6.45, 7) is 0. The summed E-state index contributed by atoms with van der Waals surface area (Å²) in [5.74, 6) is 0. The molecule has 0 atom stereocenters. The van der Waals surface area contributed by atoms with Crippen LogP contribution in [-0.2, 0) is 10.3 Å². The Balaban J connectivity index is 2.31. The normalized spacial score (nSPS) is 11.4. The molecule has 3 rings (SSSR count). The molecule has 1 aromatic heterocycles. The predicted molar refractivity (Wildman–Crippen MR) is 86.8 cm³/mol. The van der Waals surface area contributed by atoms with Crippen LogP contribution in [0.1, 0.15) is 16.8 Å². The van der Waals surface area contributed by atoms with Gasteiger partial charge in [0, 0.05) is 7.11 Å². The third-order valence-corrected chi connectivity index (χ3v) is 3.81. The molecule has 0 N–H and O–H groups in total. The lowest BCUT2D eigenvalue weighted by Gasteiger charge is -2.33. The van der Waals surface area contributed by atoms with Gasteiger partial charge >= 0.3 is 0 Å². The Hall–Kier alpha value is -2.23. The van der Waals surface area contributed by atoms with Crippen molar-refractivity contribution in [2.45, 2.75) is 5.60 Å². The Morgan fingerprint density at radius 3 is 1.86 bits per heavy atom. The number of rotatable bonds is 4. The van der Waals surface area contributed by atoms with Gasteiger partial charge in [-0.1, -0.05) is 72.3 Å². The molecule has 3 nitrogen and oxygen atoms in total. The highest BCUT2D eigenvalue weighted by Crippen LogP contribution is 2.38. The molecule has 0 radical (unpaired) electrons. The molecular weight excluding hydrogens is 296 g/mol. The molecule has 22 heavy (non-hydrogen) atoms. The molecule has 0 saturated carbocycles. The van der Waals surface area contributed by atoms with Crippen LogP contribution in [-0.4, -0.2) is 17.1 Å². The number of methoxy groups -OCH3 is 1. The molecule has 2 aromatic carbocycles. The minimum atomic E-state index is -0.847. The van der Waals surface area contributed by atoms with Crippen LogP contribution in [0.2, 0.25) is 5.15 Å². The van der Waals surface area contributed by atoms with Crippen LogP contribution in [0.4, 0.5) is 0 Å². The van der Waals surface area contributed by atoms with Crippen LogP contribution >= 0.6 is 11.6 Å². The fourth-order valence-corrected chi connectivity index (χ4v) is 2.81. The summed E-state index contributed by atoms with van der Waals surface area (Å²) < 4.78 is 5.99. The predicted octanol–water partition coefficient (Wildman–Crippen LogP) is 4.07. The van der Waals surface area contributed by atoms with Gasteiger partial charge in [0.15, 0.2) is 5.60 Å². The zero-order chi connectivity index (χ0) is 15.4. The van der Waals surface area contributed by atoms with E-state index >= 15 is 0 Å². The molecule has 0 spiro atoms. The topological polar surface area (TPSA) is 35.0 Å². The first-order valence-corrected chi connectivity index (χ1v) is 7.29. The van der Waals surface area contributed by atoms with E-state index in [0.717, 1.165) is 11.1 Å². The first kappa shape index (κ1) is 14.7. The molecule has 0 amide bonds. The van der Waals surface area contributed by atoms with Crippen LogP contribution in [0, 0.1) is 0 Å². The van der Waals surface area contributed by atoms with Gasteiger partial charge in [-0.15, -0.1) is 0 Å². The highest BCUT2D eigenvalue weighted by molar-refractivity contribution is 6.29. The summed E-state index contributed by atoms with van der Waals surface area (Å²) in [4.78, 5) is 8.62. The molecule has 0 unspecified atom stereocenters. The van der Waals surface area contributed by atoms with E-state index in [1.807, 2.05) is 60.7 Å². The third kappa shape index (κ3) is 2.49. The summed E-state index contributed by atoms with van der Waals surface area (Å²) in [6.07, 6.45) is 3.21. The quantitative estimate of drug-likeness (QED) is 0.728. The van der Waals surface area contributed by atoms with Gasteiger partial charge in [0.2, 0.25) is 0 Å². The number of hydrogen-bond acceptors (Lipinski definition) is 3. The van der Waals surface area contributed by atoms with Crippen molar-refractivity contribution in [2.24, 2.45) is 0 Å². The van der Waals surface area contributed by atoms with Crippen molar-refractivity contribution in [3.05, 3.63) is 95.0 Å². The second-order valence-electron chi connectivity index (χ2n) is 4.84. The van der Waals surface area contributed by atoms with Gasteiger partial charge in [-0.25, -0.2) is 4.98 Å². The average molecular weight is 311 g/mol. The molecule has 3 aromatic rings. The number of aromatic nitrogens is 2. The maximum absolute atomic E-state index is 6.05. The molecule has 4 heteroatoms. The van der Waals surface area contributed by atoms with Crippen LogP contribution in [0.3, 0.4) is 0 Å². The van der Waals surface area contributed by atoms with Crippen molar-refractivity contribution in [3.63, 3.8) is 0 Å². The van der Waals surface area contributed by atoms with Gasteiger partial charge < -0.3 is 4.74 Å². The lowest BCUT2D eigenvalue weighted by Crippen LogP contribution is -2.32. The van der Waals surface area contributed by atoms with E-state index < -0.39 is 5.60 Å². The number of hydrogen-bond donors (Lipinski definition) is 0.